The fraction of sp³-hybridized carbons (Fsp3) is 0.294. The first kappa shape index (κ1) is 14.5. The Hall–Kier alpha value is -1.87. The third-order valence-corrected chi connectivity index (χ3v) is 3.31. The molecule has 0 aliphatic carbocycles. The van der Waals surface area contributed by atoms with Gasteiger partial charge < -0.3 is 10.2 Å². The van der Waals surface area contributed by atoms with Crippen LogP contribution in [0.2, 0.25) is 0 Å². The van der Waals surface area contributed by atoms with Crippen LogP contribution in [0.5, 0.6) is 0 Å². The molecule has 2 aromatic carbocycles. The average Bonchev–Trinajstić information content (AvgIpc) is 2.45. The quantitative estimate of drug-likeness (QED) is 0.893. The number of halogens is 1. The highest BCUT2D eigenvalue weighted by Gasteiger charge is 2.06. The Morgan fingerprint density at radius 1 is 1.05 bits per heavy atom. The molecule has 0 bridgehead atoms. The summed E-state index contributed by atoms with van der Waals surface area (Å²) in [5, 5.41) is 3.20. The molecule has 0 fully saturated rings. The second kappa shape index (κ2) is 6.53. The molecule has 2 rings (SSSR count). The summed E-state index contributed by atoms with van der Waals surface area (Å²) in [7, 11) is 3.98. The van der Waals surface area contributed by atoms with Gasteiger partial charge in [-0.25, -0.2) is 4.39 Å². The van der Waals surface area contributed by atoms with Gasteiger partial charge in [0.05, 0.1) is 0 Å². The third kappa shape index (κ3) is 3.36. The van der Waals surface area contributed by atoms with Crippen LogP contribution >= 0.6 is 0 Å². The first-order chi connectivity index (χ1) is 9.61. The summed E-state index contributed by atoms with van der Waals surface area (Å²) in [6.07, 6.45) is 0. The molecule has 3 heteroatoms. The fourth-order valence-electron chi connectivity index (χ4n) is 2.11. The van der Waals surface area contributed by atoms with E-state index in [1.54, 1.807) is 6.07 Å². The molecule has 0 aliphatic rings. The molecule has 0 radical (unpaired) electrons. The van der Waals surface area contributed by atoms with Crippen LogP contribution < -0.4 is 10.2 Å². The number of nitrogens with one attached hydrogen (secondary N) is 1. The van der Waals surface area contributed by atoms with E-state index >= 15 is 0 Å². The summed E-state index contributed by atoms with van der Waals surface area (Å²) in [5.74, 6) is -0.169. The molecule has 0 heterocycles. The molecule has 2 aromatic rings. The van der Waals surface area contributed by atoms with E-state index in [2.05, 4.69) is 5.32 Å². The standard InChI is InChI=1S/C17H21FN2/c1-4-19-12-13-5-10-16(17(18)11-13)14-6-8-15(9-7-14)20(2)3/h5-11,19H,4,12H2,1-3H3. The average molecular weight is 272 g/mol. The molecule has 1 N–H and O–H groups in total. The summed E-state index contributed by atoms with van der Waals surface area (Å²) in [5.41, 5.74) is 3.63. The first-order valence-electron chi connectivity index (χ1n) is 6.88. The van der Waals surface area contributed by atoms with Gasteiger partial charge in [-0.1, -0.05) is 31.2 Å². The van der Waals surface area contributed by atoms with Gasteiger partial charge in [0.15, 0.2) is 0 Å². The number of benzene rings is 2. The normalized spacial score (nSPS) is 10.6. The minimum absolute atomic E-state index is 0.169. The predicted octanol–water partition coefficient (Wildman–Crippen LogP) is 3.67. The lowest BCUT2D eigenvalue weighted by molar-refractivity contribution is 0.625. The molecule has 0 unspecified atom stereocenters. The highest BCUT2D eigenvalue weighted by molar-refractivity contribution is 5.67. The monoisotopic (exact) mass is 272 g/mol. The SMILES string of the molecule is CCNCc1ccc(-c2ccc(N(C)C)cc2)c(F)c1. The lowest BCUT2D eigenvalue weighted by Crippen LogP contribution is -2.11. The van der Waals surface area contributed by atoms with Crippen molar-refractivity contribution < 1.29 is 4.39 Å². The predicted molar refractivity (Wildman–Crippen MR) is 83.5 cm³/mol. The van der Waals surface area contributed by atoms with Gasteiger partial charge in [-0.05, 0) is 35.9 Å². The van der Waals surface area contributed by atoms with Gasteiger partial charge in [-0.3, -0.25) is 0 Å². The van der Waals surface area contributed by atoms with E-state index in [0.29, 0.717) is 12.1 Å². The number of rotatable bonds is 5. The molecule has 106 valence electrons. The van der Waals surface area contributed by atoms with Crippen LogP contribution in [-0.4, -0.2) is 20.6 Å². The minimum atomic E-state index is -0.169. The van der Waals surface area contributed by atoms with E-state index in [9.17, 15) is 4.39 Å². The molecular formula is C17H21FN2. The Kier molecular flexibility index (Phi) is 4.74. The zero-order valence-corrected chi connectivity index (χ0v) is 12.3. The fourth-order valence-corrected chi connectivity index (χ4v) is 2.11. The Balaban J connectivity index is 2.24. The molecule has 0 amide bonds. The number of hydrogen-bond acceptors (Lipinski definition) is 2. The second-order valence-electron chi connectivity index (χ2n) is 5.04. The van der Waals surface area contributed by atoms with Crippen LogP contribution in [0.15, 0.2) is 42.5 Å². The maximum absolute atomic E-state index is 14.2. The van der Waals surface area contributed by atoms with Gasteiger partial charge >= 0.3 is 0 Å². The maximum Gasteiger partial charge on any atom is 0.131 e. The highest BCUT2D eigenvalue weighted by atomic mass is 19.1. The summed E-state index contributed by atoms with van der Waals surface area (Å²) in [6, 6.07) is 13.4. The van der Waals surface area contributed by atoms with Gasteiger partial charge in [-0.15, -0.1) is 0 Å². The van der Waals surface area contributed by atoms with Crippen LogP contribution in [0.1, 0.15) is 12.5 Å². The lowest BCUT2D eigenvalue weighted by atomic mass is 10.0. The lowest BCUT2D eigenvalue weighted by Gasteiger charge is -2.13. The Labute approximate surface area is 120 Å². The van der Waals surface area contributed by atoms with Crippen LogP contribution in [0.25, 0.3) is 11.1 Å². The van der Waals surface area contributed by atoms with E-state index < -0.39 is 0 Å². The van der Waals surface area contributed by atoms with Crippen LogP contribution in [-0.2, 0) is 6.54 Å². The van der Waals surface area contributed by atoms with E-state index in [-0.39, 0.29) is 5.82 Å². The molecule has 0 aromatic heterocycles. The van der Waals surface area contributed by atoms with Gasteiger partial charge in [0.2, 0.25) is 0 Å². The third-order valence-electron chi connectivity index (χ3n) is 3.31. The summed E-state index contributed by atoms with van der Waals surface area (Å²) in [4.78, 5) is 2.03. The molecule has 0 atom stereocenters. The van der Waals surface area contributed by atoms with E-state index in [1.807, 2.05) is 62.3 Å². The molecular weight excluding hydrogens is 251 g/mol. The van der Waals surface area contributed by atoms with Crippen LogP contribution in [0, 0.1) is 5.82 Å². The minimum Gasteiger partial charge on any atom is -0.378 e. The highest BCUT2D eigenvalue weighted by Crippen LogP contribution is 2.25. The largest absolute Gasteiger partial charge is 0.378 e. The Morgan fingerprint density at radius 2 is 1.75 bits per heavy atom. The zero-order chi connectivity index (χ0) is 14.5. The summed E-state index contributed by atoms with van der Waals surface area (Å²) >= 11 is 0. The molecule has 0 aliphatic heterocycles. The van der Waals surface area contributed by atoms with Crippen molar-refractivity contribution in [1.29, 1.82) is 0 Å². The number of nitrogens with zero attached hydrogens (tertiary/aromatic N) is 1. The first-order valence-corrected chi connectivity index (χ1v) is 6.88. The summed E-state index contributed by atoms with van der Waals surface area (Å²) in [6.45, 7) is 3.62. The van der Waals surface area contributed by atoms with Crippen molar-refractivity contribution in [3.05, 3.63) is 53.8 Å². The van der Waals surface area contributed by atoms with Crippen molar-refractivity contribution >= 4 is 5.69 Å². The zero-order valence-electron chi connectivity index (χ0n) is 12.3. The summed E-state index contributed by atoms with van der Waals surface area (Å²) < 4.78 is 14.2. The van der Waals surface area contributed by atoms with Gasteiger partial charge in [0.25, 0.3) is 0 Å². The van der Waals surface area contributed by atoms with Gasteiger partial charge in [0, 0.05) is 31.9 Å². The van der Waals surface area contributed by atoms with Crippen LogP contribution in [0.4, 0.5) is 10.1 Å². The van der Waals surface area contributed by atoms with E-state index in [1.165, 1.54) is 0 Å². The van der Waals surface area contributed by atoms with Gasteiger partial charge in [0.1, 0.15) is 5.82 Å². The molecule has 20 heavy (non-hydrogen) atoms. The Morgan fingerprint density at radius 3 is 2.30 bits per heavy atom. The van der Waals surface area contributed by atoms with E-state index in [4.69, 9.17) is 0 Å². The van der Waals surface area contributed by atoms with Crippen molar-refractivity contribution in [2.75, 3.05) is 25.5 Å². The van der Waals surface area contributed by atoms with Crippen molar-refractivity contribution in [2.45, 2.75) is 13.5 Å². The molecule has 2 nitrogen and oxygen atoms in total. The van der Waals surface area contributed by atoms with E-state index in [0.717, 1.165) is 23.4 Å². The van der Waals surface area contributed by atoms with Crippen molar-refractivity contribution in [3.8, 4) is 11.1 Å². The topological polar surface area (TPSA) is 15.3 Å². The number of hydrogen-bond donors (Lipinski definition) is 1. The molecule has 0 spiro atoms. The molecule has 0 saturated carbocycles. The molecule has 0 saturated heterocycles. The maximum atomic E-state index is 14.2. The van der Waals surface area contributed by atoms with Crippen molar-refractivity contribution in [2.24, 2.45) is 0 Å². The Bertz CT molecular complexity index is 562. The number of anilines is 1. The van der Waals surface area contributed by atoms with Crippen LogP contribution in [0.3, 0.4) is 0 Å². The van der Waals surface area contributed by atoms with Crippen molar-refractivity contribution in [1.82, 2.24) is 5.32 Å². The van der Waals surface area contributed by atoms with Crippen molar-refractivity contribution in [3.63, 3.8) is 0 Å². The smallest absolute Gasteiger partial charge is 0.131 e. The van der Waals surface area contributed by atoms with Gasteiger partial charge in [-0.2, -0.15) is 0 Å². The second-order valence-corrected chi connectivity index (χ2v) is 5.04.